The van der Waals surface area contributed by atoms with Gasteiger partial charge >= 0.3 is 0 Å². The molecule has 0 saturated carbocycles. The summed E-state index contributed by atoms with van der Waals surface area (Å²) in [6.45, 7) is 0. The first-order chi connectivity index (χ1) is 14.7. The lowest BCUT2D eigenvalue weighted by Gasteiger charge is -2.03. The number of halogens is 1. The minimum Gasteiger partial charge on any atom is -0.411 e. The number of aryl methyl sites for hydroxylation is 1. The minimum absolute atomic E-state index is 0.125. The fraction of sp³-hybridized carbons (Fsp3) is 0.158. The van der Waals surface area contributed by atoms with Crippen molar-refractivity contribution in [3.05, 3.63) is 65.0 Å². The van der Waals surface area contributed by atoms with Crippen molar-refractivity contribution in [2.45, 2.75) is 23.8 Å². The maximum atomic E-state index is 12.1. The highest BCUT2D eigenvalue weighted by Gasteiger charge is 2.13. The third-order valence-corrected chi connectivity index (χ3v) is 5.19. The normalized spacial score (nSPS) is 10.8. The van der Waals surface area contributed by atoms with Crippen molar-refractivity contribution in [3.63, 3.8) is 0 Å². The molecule has 0 aliphatic heterocycles. The number of nitrogens with zero attached hydrogens (tertiary/aromatic N) is 5. The van der Waals surface area contributed by atoms with E-state index in [9.17, 15) is 4.79 Å². The van der Waals surface area contributed by atoms with Crippen LogP contribution in [0, 0.1) is 0 Å². The number of pyridine rings is 1. The van der Waals surface area contributed by atoms with Crippen molar-refractivity contribution in [2.75, 3.05) is 5.32 Å². The van der Waals surface area contributed by atoms with Gasteiger partial charge in [0.1, 0.15) is 0 Å². The number of carbonyl (C=O) groups is 1. The Hall–Kier alpha value is -3.05. The Morgan fingerprint density at radius 3 is 2.83 bits per heavy atom. The smallest absolute Gasteiger partial charge is 0.277 e. The van der Waals surface area contributed by atoms with Gasteiger partial charge in [-0.1, -0.05) is 32.8 Å². The van der Waals surface area contributed by atoms with Crippen molar-refractivity contribution in [3.8, 4) is 11.5 Å². The zero-order valence-electron chi connectivity index (χ0n) is 15.5. The molecule has 0 unspecified atom stereocenters. The average molecular weight is 487 g/mol. The van der Waals surface area contributed by atoms with Crippen LogP contribution < -0.4 is 5.32 Å². The molecule has 11 heteroatoms. The van der Waals surface area contributed by atoms with Crippen molar-refractivity contribution in [1.82, 2.24) is 25.3 Å². The van der Waals surface area contributed by atoms with Crippen LogP contribution in [0.25, 0.3) is 11.5 Å². The Balaban J connectivity index is 1.25. The third kappa shape index (κ3) is 5.51. The summed E-state index contributed by atoms with van der Waals surface area (Å²) in [6.07, 6.45) is 3.92. The molecule has 0 aliphatic rings. The maximum absolute atomic E-state index is 12.1. The number of hydrogen-bond acceptors (Lipinski definition) is 9. The highest BCUT2D eigenvalue weighted by atomic mass is 79.9. The molecule has 152 valence electrons. The van der Waals surface area contributed by atoms with Crippen LogP contribution in [0.3, 0.4) is 0 Å². The second kappa shape index (κ2) is 9.63. The van der Waals surface area contributed by atoms with Crippen LogP contribution in [-0.2, 0) is 17.0 Å². The molecule has 3 heterocycles. The summed E-state index contributed by atoms with van der Waals surface area (Å²) < 4.78 is 11.8. The molecule has 1 aromatic carbocycles. The molecule has 30 heavy (non-hydrogen) atoms. The van der Waals surface area contributed by atoms with Gasteiger partial charge in [-0.15, -0.1) is 10.2 Å². The summed E-state index contributed by atoms with van der Waals surface area (Å²) in [5, 5.41) is 15.1. The molecule has 1 amide bonds. The molecule has 0 atom stereocenters. The number of anilines is 1. The van der Waals surface area contributed by atoms with E-state index in [1.165, 1.54) is 11.8 Å². The van der Waals surface area contributed by atoms with Gasteiger partial charge in [0, 0.05) is 35.4 Å². The van der Waals surface area contributed by atoms with Crippen molar-refractivity contribution >= 4 is 39.3 Å². The fourth-order valence-corrected chi connectivity index (χ4v) is 3.30. The van der Waals surface area contributed by atoms with Crippen LogP contribution in [0.1, 0.15) is 18.1 Å². The molecule has 0 aliphatic carbocycles. The monoisotopic (exact) mass is 486 g/mol. The van der Waals surface area contributed by atoms with Gasteiger partial charge in [-0.05, 0) is 36.4 Å². The third-order valence-electron chi connectivity index (χ3n) is 3.84. The maximum Gasteiger partial charge on any atom is 0.277 e. The molecule has 0 saturated heterocycles. The zero-order valence-corrected chi connectivity index (χ0v) is 17.9. The van der Waals surface area contributed by atoms with E-state index in [1.807, 2.05) is 30.3 Å². The number of hydrogen-bond donors (Lipinski definition) is 1. The first-order valence-corrected chi connectivity index (χ1v) is 10.7. The van der Waals surface area contributed by atoms with Crippen LogP contribution in [0.2, 0.25) is 0 Å². The quantitative estimate of drug-likeness (QED) is 0.366. The van der Waals surface area contributed by atoms with Crippen LogP contribution in [-0.4, -0.2) is 31.2 Å². The molecular weight excluding hydrogens is 472 g/mol. The Kier molecular flexibility index (Phi) is 6.50. The first-order valence-electron chi connectivity index (χ1n) is 8.89. The summed E-state index contributed by atoms with van der Waals surface area (Å²) >= 11 is 4.66. The van der Waals surface area contributed by atoms with E-state index in [0.29, 0.717) is 35.0 Å². The summed E-state index contributed by atoms with van der Waals surface area (Å²) in [5.41, 5.74) is 1.48. The predicted octanol–water partition coefficient (Wildman–Crippen LogP) is 4.14. The Labute approximate surface area is 183 Å². The van der Waals surface area contributed by atoms with E-state index in [2.05, 4.69) is 46.6 Å². The number of nitrogens with one attached hydrogen (secondary N) is 1. The molecule has 9 nitrogen and oxygen atoms in total. The Morgan fingerprint density at radius 1 is 1.17 bits per heavy atom. The second-order valence-electron chi connectivity index (χ2n) is 6.06. The summed E-state index contributed by atoms with van der Waals surface area (Å²) in [4.78, 5) is 20.4. The van der Waals surface area contributed by atoms with E-state index in [1.54, 1.807) is 18.5 Å². The fourth-order valence-electron chi connectivity index (χ4n) is 2.43. The highest BCUT2D eigenvalue weighted by molar-refractivity contribution is 9.10. The molecular formula is C19H15BrN6O3S. The van der Waals surface area contributed by atoms with Crippen LogP contribution in [0.5, 0.6) is 0 Å². The van der Waals surface area contributed by atoms with Crippen molar-refractivity contribution < 1.29 is 13.7 Å². The van der Waals surface area contributed by atoms with E-state index < -0.39 is 0 Å². The number of rotatable bonds is 8. The molecule has 0 radical (unpaired) electrons. The van der Waals surface area contributed by atoms with Crippen molar-refractivity contribution in [2.24, 2.45) is 0 Å². The van der Waals surface area contributed by atoms with E-state index in [0.717, 1.165) is 15.7 Å². The van der Waals surface area contributed by atoms with Gasteiger partial charge in [-0.3, -0.25) is 9.78 Å². The molecule has 4 aromatic rings. The van der Waals surface area contributed by atoms with Gasteiger partial charge in [-0.2, -0.15) is 4.98 Å². The average Bonchev–Trinajstić information content (AvgIpc) is 3.43. The van der Waals surface area contributed by atoms with Crippen molar-refractivity contribution in [1.29, 1.82) is 0 Å². The van der Waals surface area contributed by atoms with Gasteiger partial charge in [0.05, 0.1) is 11.3 Å². The summed E-state index contributed by atoms with van der Waals surface area (Å²) in [5.74, 6) is 1.57. The summed E-state index contributed by atoms with van der Waals surface area (Å²) in [7, 11) is 0. The van der Waals surface area contributed by atoms with Gasteiger partial charge in [0.25, 0.3) is 5.22 Å². The van der Waals surface area contributed by atoms with Gasteiger partial charge in [0.2, 0.25) is 17.7 Å². The standard InChI is InChI=1S/C19H15BrN6O3S/c20-13-3-5-14(6-4-13)22-16(27)7-8-17-23-15(26-29-17)11-30-19-25-24-18(28-19)12-2-1-9-21-10-12/h1-6,9-10H,7-8,11H2,(H,22,27). The van der Waals surface area contributed by atoms with E-state index >= 15 is 0 Å². The molecule has 3 aromatic heterocycles. The van der Waals surface area contributed by atoms with Crippen LogP contribution >= 0.6 is 27.7 Å². The SMILES string of the molecule is O=C(CCc1nc(CSc2nnc(-c3cccnc3)o2)no1)Nc1ccc(Br)cc1. The highest BCUT2D eigenvalue weighted by Crippen LogP contribution is 2.24. The number of carbonyl (C=O) groups excluding carboxylic acids is 1. The summed E-state index contributed by atoms with van der Waals surface area (Å²) in [6, 6.07) is 11.0. The lowest BCUT2D eigenvalue weighted by molar-refractivity contribution is -0.116. The van der Waals surface area contributed by atoms with Crippen LogP contribution in [0.4, 0.5) is 5.69 Å². The molecule has 1 N–H and O–H groups in total. The number of amides is 1. The van der Waals surface area contributed by atoms with Crippen LogP contribution in [0.15, 0.2) is 67.4 Å². The lowest BCUT2D eigenvalue weighted by Crippen LogP contribution is -2.12. The molecule has 0 bridgehead atoms. The minimum atomic E-state index is -0.125. The van der Waals surface area contributed by atoms with Gasteiger partial charge in [0.15, 0.2) is 5.82 Å². The largest absolute Gasteiger partial charge is 0.411 e. The molecule has 0 spiro atoms. The number of thioether (sulfide) groups is 1. The molecule has 0 fully saturated rings. The van der Waals surface area contributed by atoms with Gasteiger partial charge < -0.3 is 14.3 Å². The zero-order chi connectivity index (χ0) is 20.8. The molecule has 4 rings (SSSR count). The Morgan fingerprint density at radius 2 is 2.03 bits per heavy atom. The number of aromatic nitrogens is 5. The van der Waals surface area contributed by atoms with Gasteiger partial charge in [-0.25, -0.2) is 0 Å². The van der Waals surface area contributed by atoms with E-state index in [-0.39, 0.29) is 12.3 Å². The second-order valence-corrected chi connectivity index (χ2v) is 7.91. The Bertz CT molecular complexity index is 1120. The lowest BCUT2D eigenvalue weighted by atomic mass is 10.2. The number of benzene rings is 1. The first kappa shape index (κ1) is 20.2. The topological polar surface area (TPSA) is 120 Å². The predicted molar refractivity (Wildman–Crippen MR) is 112 cm³/mol. The van der Waals surface area contributed by atoms with E-state index in [4.69, 9.17) is 8.94 Å².